The molecule has 1 aromatic rings. The van der Waals surface area contributed by atoms with Crippen molar-refractivity contribution in [1.82, 2.24) is 20.4 Å². The normalized spacial score (nSPS) is 21.1. The number of piperidine rings is 1. The Hall–Kier alpha value is -2.57. The first-order valence-electron chi connectivity index (χ1n) is 11.1. The summed E-state index contributed by atoms with van der Waals surface area (Å²) in [6.07, 6.45) is 2.39. The Kier molecular flexibility index (Phi) is 7.00. The minimum atomic E-state index is -0.837. The lowest BCUT2D eigenvalue weighted by Gasteiger charge is -2.51. The van der Waals surface area contributed by atoms with Crippen molar-refractivity contribution in [2.45, 2.75) is 64.6 Å². The van der Waals surface area contributed by atoms with Gasteiger partial charge in [-0.05, 0) is 37.2 Å². The molecule has 2 aliphatic rings. The second-order valence-corrected chi connectivity index (χ2v) is 8.81. The van der Waals surface area contributed by atoms with Gasteiger partial charge in [0.15, 0.2) is 0 Å². The highest BCUT2D eigenvalue weighted by Gasteiger charge is 2.53. The lowest BCUT2D eigenvalue weighted by molar-refractivity contribution is -0.161. The highest BCUT2D eigenvalue weighted by atomic mass is 16.2. The van der Waals surface area contributed by atoms with Gasteiger partial charge in [0.25, 0.3) is 0 Å². The van der Waals surface area contributed by atoms with E-state index >= 15 is 0 Å². The Morgan fingerprint density at radius 2 is 1.87 bits per heavy atom. The summed E-state index contributed by atoms with van der Waals surface area (Å²) in [4.78, 5) is 42.5. The van der Waals surface area contributed by atoms with E-state index in [1.807, 2.05) is 37.3 Å². The summed E-state index contributed by atoms with van der Waals surface area (Å²) < 4.78 is 0. The first-order chi connectivity index (χ1) is 14.4. The molecule has 2 saturated heterocycles. The summed E-state index contributed by atoms with van der Waals surface area (Å²) >= 11 is 0. The fraction of sp³-hybridized carbons (Fsp3) is 0.609. The minimum Gasteiger partial charge on any atom is -0.342 e. The molecule has 30 heavy (non-hydrogen) atoms. The molecule has 2 heterocycles. The number of nitrogens with zero attached hydrogens (tertiary/aromatic N) is 2. The molecule has 4 amide bonds. The van der Waals surface area contributed by atoms with Gasteiger partial charge in [0.1, 0.15) is 11.6 Å². The quantitative estimate of drug-likeness (QED) is 0.750. The Labute approximate surface area is 179 Å². The number of likely N-dealkylation sites (tertiary alicyclic amines) is 1. The third-order valence-electron chi connectivity index (χ3n) is 6.13. The number of benzene rings is 1. The molecule has 7 nitrogen and oxygen atoms in total. The van der Waals surface area contributed by atoms with Gasteiger partial charge in [0, 0.05) is 26.2 Å². The highest BCUT2D eigenvalue weighted by Crippen LogP contribution is 2.34. The van der Waals surface area contributed by atoms with Gasteiger partial charge in [0.2, 0.25) is 11.8 Å². The van der Waals surface area contributed by atoms with Crippen LogP contribution in [0.2, 0.25) is 0 Å². The smallest absolute Gasteiger partial charge is 0.317 e. The summed E-state index contributed by atoms with van der Waals surface area (Å²) in [5, 5.41) is 5.94. The van der Waals surface area contributed by atoms with Crippen molar-refractivity contribution in [3.05, 3.63) is 35.9 Å². The Morgan fingerprint density at radius 3 is 2.47 bits per heavy atom. The van der Waals surface area contributed by atoms with Crippen LogP contribution in [-0.2, 0) is 16.1 Å². The molecule has 1 unspecified atom stereocenters. The van der Waals surface area contributed by atoms with Gasteiger partial charge < -0.3 is 20.4 Å². The third kappa shape index (κ3) is 4.60. The average molecular weight is 415 g/mol. The molecule has 2 aliphatic heterocycles. The van der Waals surface area contributed by atoms with Crippen LogP contribution in [0.15, 0.2) is 30.3 Å². The van der Waals surface area contributed by atoms with E-state index in [0.717, 1.165) is 12.0 Å². The molecular formula is C23H34N4O3. The van der Waals surface area contributed by atoms with Gasteiger partial charge in [-0.25, -0.2) is 4.79 Å². The zero-order valence-corrected chi connectivity index (χ0v) is 18.3. The van der Waals surface area contributed by atoms with Crippen molar-refractivity contribution in [2.75, 3.05) is 19.6 Å². The molecule has 2 N–H and O–H groups in total. The number of piperazine rings is 1. The van der Waals surface area contributed by atoms with E-state index in [9.17, 15) is 14.4 Å². The van der Waals surface area contributed by atoms with Crippen LogP contribution in [0.1, 0.15) is 52.0 Å². The number of hydrogen-bond donors (Lipinski definition) is 2. The minimum absolute atomic E-state index is 0.0205. The summed E-state index contributed by atoms with van der Waals surface area (Å²) in [5.74, 6) is 0.282. The van der Waals surface area contributed by atoms with Crippen LogP contribution in [-0.4, -0.2) is 58.9 Å². The monoisotopic (exact) mass is 414 g/mol. The fourth-order valence-electron chi connectivity index (χ4n) is 4.52. The lowest BCUT2D eigenvalue weighted by Crippen LogP contribution is -2.73. The largest absolute Gasteiger partial charge is 0.342 e. The molecule has 0 aliphatic carbocycles. The zero-order valence-electron chi connectivity index (χ0n) is 18.3. The Morgan fingerprint density at radius 1 is 1.20 bits per heavy atom. The van der Waals surface area contributed by atoms with Crippen LogP contribution in [0.3, 0.4) is 0 Å². The van der Waals surface area contributed by atoms with E-state index in [-0.39, 0.29) is 17.8 Å². The molecule has 0 bridgehead atoms. The fourth-order valence-corrected chi connectivity index (χ4v) is 4.52. The standard InChI is InChI=1S/C23H34N4O3/c1-4-12-27-20(28)19(15-17(2)3)25-21(29)23(27)10-13-26(14-11-23)22(30)24-16-18-8-6-5-7-9-18/h5-9,17,19H,4,10-16H2,1-3H3,(H,24,30)(H,25,29). The van der Waals surface area contributed by atoms with E-state index < -0.39 is 11.6 Å². The third-order valence-corrected chi connectivity index (χ3v) is 6.13. The van der Waals surface area contributed by atoms with Crippen LogP contribution in [0.25, 0.3) is 0 Å². The van der Waals surface area contributed by atoms with E-state index in [1.54, 1.807) is 9.80 Å². The molecule has 0 saturated carbocycles. The topological polar surface area (TPSA) is 81.8 Å². The van der Waals surface area contributed by atoms with Gasteiger partial charge in [-0.1, -0.05) is 51.1 Å². The highest BCUT2D eigenvalue weighted by molar-refractivity contribution is 6.00. The van der Waals surface area contributed by atoms with Crippen LogP contribution in [0.4, 0.5) is 4.79 Å². The maximum Gasteiger partial charge on any atom is 0.317 e. The van der Waals surface area contributed by atoms with E-state index in [2.05, 4.69) is 24.5 Å². The number of hydrogen-bond acceptors (Lipinski definition) is 3. The zero-order chi connectivity index (χ0) is 21.7. The predicted octanol–water partition coefficient (Wildman–Crippen LogP) is 2.51. The SMILES string of the molecule is CCCN1C(=O)C(CC(C)C)NC(=O)C12CCN(C(=O)NCc1ccccc1)CC2. The van der Waals surface area contributed by atoms with E-state index in [1.165, 1.54) is 0 Å². The first kappa shape index (κ1) is 22.1. The molecule has 0 radical (unpaired) electrons. The van der Waals surface area contributed by atoms with Gasteiger partial charge >= 0.3 is 6.03 Å². The van der Waals surface area contributed by atoms with Crippen molar-refractivity contribution in [3.8, 4) is 0 Å². The summed E-state index contributed by atoms with van der Waals surface area (Å²) in [6, 6.07) is 9.20. The molecule has 2 fully saturated rings. The molecule has 1 atom stereocenters. The number of rotatable bonds is 6. The number of carbonyl (C=O) groups is 3. The predicted molar refractivity (Wildman–Crippen MR) is 116 cm³/mol. The summed E-state index contributed by atoms with van der Waals surface area (Å²) in [7, 11) is 0. The molecule has 7 heteroatoms. The average Bonchev–Trinajstić information content (AvgIpc) is 2.74. The molecule has 3 rings (SSSR count). The molecule has 1 spiro atoms. The van der Waals surface area contributed by atoms with Gasteiger partial charge in [-0.2, -0.15) is 0 Å². The second kappa shape index (κ2) is 9.49. The van der Waals surface area contributed by atoms with Gasteiger partial charge in [0.05, 0.1) is 0 Å². The van der Waals surface area contributed by atoms with E-state index in [0.29, 0.717) is 51.4 Å². The van der Waals surface area contributed by atoms with Gasteiger partial charge in [-0.3, -0.25) is 9.59 Å². The number of urea groups is 1. The number of amides is 4. The van der Waals surface area contributed by atoms with Crippen molar-refractivity contribution in [1.29, 1.82) is 0 Å². The number of nitrogens with one attached hydrogen (secondary N) is 2. The van der Waals surface area contributed by atoms with Crippen molar-refractivity contribution >= 4 is 17.8 Å². The summed E-state index contributed by atoms with van der Waals surface area (Å²) in [5.41, 5.74) is 0.207. The second-order valence-electron chi connectivity index (χ2n) is 8.81. The lowest BCUT2D eigenvalue weighted by atomic mass is 9.81. The van der Waals surface area contributed by atoms with Crippen molar-refractivity contribution < 1.29 is 14.4 Å². The van der Waals surface area contributed by atoms with Gasteiger partial charge in [-0.15, -0.1) is 0 Å². The van der Waals surface area contributed by atoms with Crippen LogP contribution < -0.4 is 10.6 Å². The molecule has 1 aromatic carbocycles. The first-order valence-corrected chi connectivity index (χ1v) is 11.1. The Bertz CT molecular complexity index is 757. The summed E-state index contributed by atoms with van der Waals surface area (Å²) in [6.45, 7) is 8.09. The van der Waals surface area contributed by atoms with E-state index in [4.69, 9.17) is 0 Å². The van der Waals surface area contributed by atoms with Crippen LogP contribution in [0, 0.1) is 5.92 Å². The maximum absolute atomic E-state index is 13.2. The molecular weight excluding hydrogens is 380 g/mol. The maximum atomic E-state index is 13.2. The van der Waals surface area contributed by atoms with Crippen molar-refractivity contribution in [2.24, 2.45) is 5.92 Å². The van der Waals surface area contributed by atoms with Crippen LogP contribution >= 0.6 is 0 Å². The molecule has 0 aromatic heterocycles. The Balaban J connectivity index is 1.64. The van der Waals surface area contributed by atoms with Crippen LogP contribution in [0.5, 0.6) is 0 Å². The van der Waals surface area contributed by atoms with Crippen molar-refractivity contribution in [3.63, 3.8) is 0 Å². The molecule has 164 valence electrons. The number of carbonyl (C=O) groups excluding carboxylic acids is 3.